The molecule has 9 unspecified atom stereocenters. The van der Waals surface area contributed by atoms with Crippen LogP contribution in [-0.2, 0) is 59.2 Å². The summed E-state index contributed by atoms with van der Waals surface area (Å²) >= 11 is 1.35. The summed E-state index contributed by atoms with van der Waals surface area (Å²) < 4.78 is 0. The molecule has 1 aromatic rings. The Hall–Kier alpha value is -6.30. The van der Waals surface area contributed by atoms with Crippen LogP contribution in [0, 0.1) is 23.7 Å². The van der Waals surface area contributed by atoms with E-state index in [2.05, 4.69) is 37.2 Å². The van der Waals surface area contributed by atoms with Crippen molar-refractivity contribution in [3.05, 3.63) is 35.9 Å². The molecule has 0 radical (unpaired) electrons. The Balaban J connectivity index is 2.39. The van der Waals surface area contributed by atoms with Crippen molar-refractivity contribution < 1.29 is 63.0 Å². The zero-order valence-electron chi connectivity index (χ0n) is 45.5. The number of likely N-dealkylation sites (tertiary alicyclic amines) is 1. The normalized spacial score (nSPS) is 16.6. The van der Waals surface area contributed by atoms with Crippen LogP contribution in [0.25, 0.3) is 0 Å². The summed E-state index contributed by atoms with van der Waals surface area (Å²) in [5.41, 5.74) is 12.5. The topological polar surface area (TPSA) is 368 Å². The third kappa shape index (κ3) is 23.3. The van der Waals surface area contributed by atoms with Crippen molar-refractivity contribution in [1.82, 2.24) is 42.1 Å². The first-order valence-corrected chi connectivity index (χ1v) is 27.5. The Kier molecular flexibility index (Phi) is 28.6. The number of rotatable bonds is 34. The molecule has 23 nitrogen and oxygen atoms in total. The Bertz CT molecular complexity index is 2150. The lowest BCUT2D eigenvalue weighted by atomic mass is 9.99. The molecule has 0 saturated carbocycles. The minimum absolute atomic E-state index is 0.0358. The van der Waals surface area contributed by atoms with E-state index in [0.717, 1.165) is 5.56 Å². The summed E-state index contributed by atoms with van der Waals surface area (Å²) in [6.45, 7) is 14.2. The lowest BCUT2D eigenvalue weighted by Gasteiger charge is -2.31. The van der Waals surface area contributed by atoms with Crippen LogP contribution in [0.15, 0.2) is 30.3 Å². The van der Waals surface area contributed by atoms with E-state index in [1.54, 1.807) is 47.8 Å². The van der Waals surface area contributed by atoms with E-state index in [-0.39, 0.29) is 82.1 Å². The molecule has 0 aromatic heterocycles. The smallest absolute Gasteiger partial charge is 0.326 e. The lowest BCUT2D eigenvalue weighted by molar-refractivity contribution is -0.146. The fourth-order valence-corrected chi connectivity index (χ4v) is 9.03. The third-order valence-corrected chi connectivity index (χ3v) is 13.2. The molecule has 9 amide bonds. The Labute approximate surface area is 450 Å². The number of primary amides is 1. The number of hydrogen-bond acceptors (Lipinski definition) is 13. The zero-order valence-corrected chi connectivity index (χ0v) is 46.3. The SMILES string of the molecule is CSCCC(NC(=O)C(CC(C)C)NC(=O)C(CC(C)C)NC(=O)C(CCC(N)=O)NC(=O)C(CC(C)C)NC(=O)C(N)Cc1ccccc1)C(=O)NC(CCC(=O)O)C(=O)N1CCCC1C(=O)NC(C(=O)O)C(C)C. The molecule has 76 heavy (non-hydrogen) atoms. The number of nitrogens with one attached hydrogen (secondary N) is 7. The van der Waals surface area contributed by atoms with Crippen molar-refractivity contribution in [3.63, 3.8) is 0 Å². The predicted molar refractivity (Wildman–Crippen MR) is 286 cm³/mol. The summed E-state index contributed by atoms with van der Waals surface area (Å²) in [5.74, 6) is -10.0. The van der Waals surface area contributed by atoms with Gasteiger partial charge < -0.3 is 63.8 Å². The van der Waals surface area contributed by atoms with Crippen LogP contribution in [0.2, 0.25) is 0 Å². The number of hydrogen-bond donors (Lipinski definition) is 11. The molecule has 1 saturated heterocycles. The highest BCUT2D eigenvalue weighted by Gasteiger charge is 2.41. The van der Waals surface area contributed by atoms with Gasteiger partial charge in [0, 0.05) is 19.4 Å². The average molecular weight is 1090 g/mol. The second-order valence-electron chi connectivity index (χ2n) is 21.0. The van der Waals surface area contributed by atoms with E-state index in [0.29, 0.717) is 12.2 Å². The van der Waals surface area contributed by atoms with E-state index in [9.17, 15) is 63.0 Å². The molecule has 426 valence electrons. The Morgan fingerprint density at radius 1 is 0.605 bits per heavy atom. The monoisotopic (exact) mass is 1090 g/mol. The molecule has 13 N–H and O–H groups in total. The maximum atomic E-state index is 14.3. The molecule has 0 spiro atoms. The third-order valence-electron chi connectivity index (χ3n) is 12.5. The van der Waals surface area contributed by atoms with Crippen molar-refractivity contribution in [2.75, 3.05) is 18.6 Å². The van der Waals surface area contributed by atoms with Gasteiger partial charge in [-0.05, 0) is 99.0 Å². The fourth-order valence-electron chi connectivity index (χ4n) is 8.56. The van der Waals surface area contributed by atoms with E-state index in [1.165, 1.54) is 16.7 Å². The molecule has 1 fully saturated rings. The van der Waals surface area contributed by atoms with E-state index >= 15 is 0 Å². The van der Waals surface area contributed by atoms with Crippen LogP contribution >= 0.6 is 11.8 Å². The van der Waals surface area contributed by atoms with Crippen LogP contribution < -0.4 is 48.7 Å². The summed E-state index contributed by atoms with van der Waals surface area (Å²) in [7, 11) is 0. The standard InChI is InChI=1S/C52H84N10O13S/c1-28(2)24-37(58-44(66)33(53)27-32-14-11-10-12-15-32)47(69)55-34(17-19-41(54)63)45(67)59-39(26-30(5)6)49(71)60-38(25-29(3)4)48(70)56-35(21-23-76-9)46(68)57-36(18-20-42(64)65)51(73)62-22-13-16-40(62)50(72)61-43(31(7)8)52(74)75/h10-12,14-15,28-31,33-40,43H,13,16-27,53H2,1-9H3,(H2,54,63)(H,55,69)(H,56,70)(H,57,68)(H,58,66)(H,59,67)(H,60,71)(H,61,72)(H,64,65)(H,74,75). The molecule has 9 atom stereocenters. The Morgan fingerprint density at radius 2 is 1.04 bits per heavy atom. The maximum absolute atomic E-state index is 14.3. The molecule has 1 aliphatic heterocycles. The number of aliphatic carboxylic acids is 2. The number of nitrogens with zero attached hydrogens (tertiary/aromatic N) is 1. The molecule has 0 bridgehead atoms. The Morgan fingerprint density at radius 3 is 1.47 bits per heavy atom. The summed E-state index contributed by atoms with van der Waals surface area (Å²) in [6.07, 6.45) is 1.32. The van der Waals surface area contributed by atoms with Gasteiger partial charge in [-0.3, -0.25) is 47.9 Å². The first-order chi connectivity index (χ1) is 35.6. The molecule has 1 aliphatic rings. The number of nitrogens with two attached hydrogens (primary N) is 2. The summed E-state index contributed by atoms with van der Waals surface area (Å²) in [5, 5.41) is 37.8. The van der Waals surface area contributed by atoms with E-state index < -0.39 is 132 Å². The second-order valence-corrected chi connectivity index (χ2v) is 22.0. The van der Waals surface area contributed by atoms with Crippen LogP contribution in [0.5, 0.6) is 0 Å². The van der Waals surface area contributed by atoms with Crippen molar-refractivity contribution in [1.29, 1.82) is 0 Å². The number of amides is 9. The van der Waals surface area contributed by atoms with Gasteiger partial charge in [-0.25, -0.2) is 4.79 Å². The van der Waals surface area contributed by atoms with Gasteiger partial charge in [0.25, 0.3) is 0 Å². The van der Waals surface area contributed by atoms with Gasteiger partial charge in [-0.15, -0.1) is 0 Å². The molecule has 24 heteroatoms. The van der Waals surface area contributed by atoms with Crippen LogP contribution in [0.4, 0.5) is 0 Å². The van der Waals surface area contributed by atoms with E-state index in [1.807, 2.05) is 44.2 Å². The number of thioether (sulfide) groups is 1. The van der Waals surface area contributed by atoms with Crippen molar-refractivity contribution in [3.8, 4) is 0 Å². The minimum Gasteiger partial charge on any atom is -0.481 e. The largest absolute Gasteiger partial charge is 0.481 e. The zero-order chi connectivity index (χ0) is 57.4. The molecule has 0 aliphatic carbocycles. The first-order valence-electron chi connectivity index (χ1n) is 26.1. The molecule has 2 rings (SSSR count). The maximum Gasteiger partial charge on any atom is 0.326 e. The molecular formula is C52H84N10O13S. The average Bonchev–Trinajstić information content (AvgIpc) is 3.83. The van der Waals surface area contributed by atoms with Crippen molar-refractivity contribution >= 4 is 76.9 Å². The highest BCUT2D eigenvalue weighted by molar-refractivity contribution is 7.98. The van der Waals surface area contributed by atoms with Gasteiger partial charge in [0.2, 0.25) is 53.2 Å². The number of carbonyl (C=O) groups excluding carboxylic acids is 9. The minimum atomic E-state index is -1.46. The van der Waals surface area contributed by atoms with Crippen molar-refractivity contribution in [2.24, 2.45) is 35.1 Å². The second kappa shape index (κ2) is 33.0. The highest BCUT2D eigenvalue weighted by Crippen LogP contribution is 2.21. The predicted octanol–water partition coefficient (Wildman–Crippen LogP) is 0.703. The van der Waals surface area contributed by atoms with Crippen LogP contribution in [0.3, 0.4) is 0 Å². The van der Waals surface area contributed by atoms with Gasteiger partial charge in [-0.2, -0.15) is 11.8 Å². The number of carboxylic acids is 2. The number of carbonyl (C=O) groups is 11. The quantitative estimate of drug-likeness (QED) is 0.0453. The van der Waals surface area contributed by atoms with E-state index in [4.69, 9.17) is 11.5 Å². The van der Waals surface area contributed by atoms with Gasteiger partial charge in [-0.1, -0.05) is 85.7 Å². The molecular weight excluding hydrogens is 1000 g/mol. The van der Waals surface area contributed by atoms with Gasteiger partial charge >= 0.3 is 11.9 Å². The number of benzene rings is 1. The van der Waals surface area contributed by atoms with Gasteiger partial charge in [0.15, 0.2) is 0 Å². The lowest BCUT2D eigenvalue weighted by Crippen LogP contribution is -2.60. The fraction of sp³-hybridized carbons (Fsp3) is 0.673. The van der Waals surface area contributed by atoms with Crippen LogP contribution in [0.1, 0.15) is 125 Å². The molecule has 1 heterocycles. The summed E-state index contributed by atoms with van der Waals surface area (Å²) in [4.78, 5) is 148. The summed E-state index contributed by atoms with van der Waals surface area (Å²) in [6, 6.07) is -2.16. The highest BCUT2D eigenvalue weighted by atomic mass is 32.2. The van der Waals surface area contributed by atoms with Gasteiger partial charge in [0.1, 0.15) is 48.3 Å². The van der Waals surface area contributed by atoms with Gasteiger partial charge in [0.05, 0.1) is 6.04 Å². The molecule has 1 aromatic carbocycles. The van der Waals surface area contributed by atoms with Crippen molar-refractivity contribution in [2.45, 2.75) is 180 Å². The number of carboxylic acid groups (broad SMARTS) is 2. The first kappa shape index (κ1) is 65.8. The van der Waals surface area contributed by atoms with Crippen LogP contribution in [-0.4, -0.2) is 153 Å².